The lowest BCUT2D eigenvalue weighted by Crippen LogP contribution is -2.56. The minimum absolute atomic E-state index is 0.124. The zero-order chi connectivity index (χ0) is 21.0. The number of rotatable bonds is 5. The van der Waals surface area contributed by atoms with E-state index in [0.717, 1.165) is 47.8 Å². The third-order valence-corrected chi connectivity index (χ3v) is 11.8. The van der Waals surface area contributed by atoms with Crippen LogP contribution >= 0.6 is 15.9 Å². The third-order valence-electron chi connectivity index (χ3n) is 10.8. The molecule has 168 valence electrons. The van der Waals surface area contributed by atoms with E-state index in [1.165, 1.54) is 64.2 Å². The van der Waals surface area contributed by atoms with Crippen molar-refractivity contribution in [2.75, 3.05) is 0 Å². The van der Waals surface area contributed by atoms with Gasteiger partial charge in [-0.25, -0.2) is 0 Å². The van der Waals surface area contributed by atoms with E-state index >= 15 is 0 Å². The Morgan fingerprint density at radius 1 is 0.931 bits per heavy atom. The quantitative estimate of drug-likeness (QED) is 0.408. The smallest absolute Gasteiger partial charge is 0.0668 e. The van der Waals surface area contributed by atoms with E-state index in [-0.39, 0.29) is 6.10 Å². The van der Waals surface area contributed by atoms with Crippen molar-refractivity contribution in [3.63, 3.8) is 0 Å². The fraction of sp³-hybridized carbons (Fsp3) is 1.00. The van der Waals surface area contributed by atoms with Gasteiger partial charge >= 0.3 is 0 Å². The second-order valence-electron chi connectivity index (χ2n) is 12.7. The van der Waals surface area contributed by atoms with Crippen molar-refractivity contribution in [1.82, 2.24) is 0 Å². The van der Waals surface area contributed by atoms with Crippen LogP contribution < -0.4 is 0 Å². The molecular formula is C27H47BrO. The predicted molar refractivity (Wildman–Crippen MR) is 127 cm³/mol. The minimum Gasteiger partial charge on any atom is -0.392 e. The highest BCUT2D eigenvalue weighted by atomic mass is 79.9. The first-order chi connectivity index (χ1) is 13.7. The molecular weight excluding hydrogens is 420 g/mol. The molecule has 0 heterocycles. The number of alkyl halides is 1. The number of fused-ring (bicyclic) bond motifs is 5. The van der Waals surface area contributed by atoms with Gasteiger partial charge in [0.05, 0.1) is 6.10 Å². The van der Waals surface area contributed by atoms with Crippen molar-refractivity contribution < 1.29 is 5.11 Å². The van der Waals surface area contributed by atoms with Crippen LogP contribution in [0.5, 0.6) is 0 Å². The maximum atomic E-state index is 10.5. The lowest BCUT2D eigenvalue weighted by Gasteiger charge is -2.61. The molecule has 0 saturated heterocycles. The van der Waals surface area contributed by atoms with Gasteiger partial charge in [0.25, 0.3) is 0 Å². The molecule has 0 aliphatic heterocycles. The maximum Gasteiger partial charge on any atom is 0.0668 e. The second-order valence-corrected chi connectivity index (χ2v) is 13.9. The summed E-state index contributed by atoms with van der Waals surface area (Å²) in [5.41, 5.74) is 1.06. The minimum atomic E-state index is -0.124. The summed E-state index contributed by atoms with van der Waals surface area (Å²) >= 11 is 3.85. The molecule has 0 radical (unpaired) electrons. The average molecular weight is 468 g/mol. The molecule has 0 bridgehead atoms. The molecule has 4 saturated carbocycles. The second kappa shape index (κ2) is 8.42. The van der Waals surface area contributed by atoms with Gasteiger partial charge in [0.1, 0.15) is 0 Å². The van der Waals surface area contributed by atoms with Gasteiger partial charge in [-0.2, -0.15) is 0 Å². The largest absolute Gasteiger partial charge is 0.392 e. The van der Waals surface area contributed by atoms with E-state index in [1.54, 1.807) is 0 Å². The molecule has 4 rings (SSSR count). The Balaban J connectivity index is 1.47. The van der Waals surface area contributed by atoms with E-state index in [4.69, 9.17) is 0 Å². The molecule has 1 nitrogen and oxygen atoms in total. The van der Waals surface area contributed by atoms with Crippen LogP contribution in [0.4, 0.5) is 0 Å². The monoisotopic (exact) mass is 466 g/mol. The fourth-order valence-corrected chi connectivity index (χ4v) is 10.2. The van der Waals surface area contributed by atoms with Gasteiger partial charge in [0, 0.05) is 4.83 Å². The Kier molecular flexibility index (Phi) is 6.57. The van der Waals surface area contributed by atoms with Crippen molar-refractivity contribution >= 4 is 15.9 Å². The van der Waals surface area contributed by atoms with Crippen molar-refractivity contribution in [2.45, 2.75) is 116 Å². The van der Waals surface area contributed by atoms with Crippen molar-refractivity contribution in [1.29, 1.82) is 0 Å². The Bertz CT molecular complexity index is 575. The summed E-state index contributed by atoms with van der Waals surface area (Å²) in [6, 6.07) is 0. The molecule has 0 amide bonds. The van der Waals surface area contributed by atoms with E-state index < -0.39 is 0 Å². The lowest BCUT2D eigenvalue weighted by molar-refractivity contribution is -0.127. The number of hydrogen-bond acceptors (Lipinski definition) is 1. The van der Waals surface area contributed by atoms with Gasteiger partial charge in [0.15, 0.2) is 0 Å². The molecule has 29 heavy (non-hydrogen) atoms. The van der Waals surface area contributed by atoms with Crippen LogP contribution in [-0.2, 0) is 0 Å². The van der Waals surface area contributed by atoms with Crippen LogP contribution in [0.2, 0.25) is 0 Å². The summed E-state index contributed by atoms with van der Waals surface area (Å²) in [6.45, 7) is 12.6. The summed E-state index contributed by atoms with van der Waals surface area (Å²) in [4.78, 5) is 0.313. The molecule has 0 spiro atoms. The number of halogens is 1. The average Bonchev–Trinajstić information content (AvgIpc) is 3.00. The summed E-state index contributed by atoms with van der Waals surface area (Å²) < 4.78 is 0. The van der Waals surface area contributed by atoms with E-state index in [1.807, 2.05) is 0 Å². The summed E-state index contributed by atoms with van der Waals surface area (Å²) in [6.07, 6.45) is 15.1. The Morgan fingerprint density at radius 3 is 2.38 bits per heavy atom. The standard InChI is InChI=1S/C27H47BrO/c1-17(2)7-6-8-18(3)21-11-12-22-20-10-9-19-15-25(29)24(28)16-27(19,5)23(20)13-14-26(21,22)4/h17-25,29H,6-16H2,1-5H3/t18-,19+,20?,21?,22?,23?,24-,25?,26?,27?/m1/s1. The first-order valence-corrected chi connectivity index (χ1v) is 13.9. The lowest BCUT2D eigenvalue weighted by atomic mass is 9.44. The zero-order valence-corrected chi connectivity index (χ0v) is 21.4. The summed E-state index contributed by atoms with van der Waals surface area (Å²) in [5.74, 6) is 6.31. The molecule has 1 N–H and O–H groups in total. The number of aliphatic hydroxyl groups is 1. The fourth-order valence-electron chi connectivity index (χ4n) is 9.26. The Labute approximate surface area is 189 Å². The predicted octanol–water partition coefficient (Wildman–Crippen LogP) is 7.84. The normalized spacial score (nSPS) is 50.7. The van der Waals surface area contributed by atoms with Crippen LogP contribution in [-0.4, -0.2) is 16.0 Å². The first kappa shape index (κ1) is 22.6. The van der Waals surface area contributed by atoms with Gasteiger partial charge in [0.2, 0.25) is 0 Å². The van der Waals surface area contributed by atoms with Crippen LogP contribution in [0.15, 0.2) is 0 Å². The Morgan fingerprint density at radius 2 is 1.66 bits per heavy atom. The molecule has 4 fully saturated rings. The van der Waals surface area contributed by atoms with Crippen molar-refractivity contribution in [3.05, 3.63) is 0 Å². The van der Waals surface area contributed by atoms with Gasteiger partial charge in [-0.05, 0) is 104 Å². The SMILES string of the molecule is CC(C)CCC[C@@H](C)C1CCC2C3CC[C@H]4CC(O)[C@H](Br)CC4(C)C3CCC21C. The maximum absolute atomic E-state index is 10.5. The highest BCUT2D eigenvalue weighted by Gasteiger charge is 2.61. The molecule has 10 atom stereocenters. The molecule has 0 aromatic heterocycles. The molecule has 0 aromatic carbocycles. The van der Waals surface area contributed by atoms with Crippen LogP contribution in [0, 0.1) is 52.3 Å². The van der Waals surface area contributed by atoms with E-state index in [0.29, 0.717) is 15.7 Å². The molecule has 4 aliphatic carbocycles. The zero-order valence-electron chi connectivity index (χ0n) is 19.8. The van der Waals surface area contributed by atoms with Gasteiger partial charge in [-0.1, -0.05) is 69.8 Å². The van der Waals surface area contributed by atoms with Gasteiger partial charge in [-0.15, -0.1) is 0 Å². The van der Waals surface area contributed by atoms with Gasteiger partial charge < -0.3 is 5.11 Å². The molecule has 2 heteroatoms. The highest BCUT2D eigenvalue weighted by molar-refractivity contribution is 9.09. The highest BCUT2D eigenvalue weighted by Crippen LogP contribution is 2.68. The van der Waals surface area contributed by atoms with E-state index in [2.05, 4.69) is 50.5 Å². The molecule has 4 aliphatic rings. The van der Waals surface area contributed by atoms with Crippen molar-refractivity contribution in [2.24, 2.45) is 52.3 Å². The number of aliphatic hydroxyl groups excluding tert-OH is 1. The topological polar surface area (TPSA) is 20.2 Å². The third kappa shape index (κ3) is 3.90. The number of hydrogen-bond donors (Lipinski definition) is 1. The van der Waals surface area contributed by atoms with Crippen LogP contribution in [0.1, 0.15) is 105 Å². The Hall–Kier alpha value is 0.440. The molecule has 0 aromatic rings. The molecule has 7 unspecified atom stereocenters. The summed E-state index contributed by atoms with van der Waals surface area (Å²) in [7, 11) is 0. The summed E-state index contributed by atoms with van der Waals surface area (Å²) in [5, 5.41) is 10.5. The van der Waals surface area contributed by atoms with Crippen molar-refractivity contribution in [3.8, 4) is 0 Å². The van der Waals surface area contributed by atoms with E-state index in [9.17, 15) is 5.11 Å². The van der Waals surface area contributed by atoms with Crippen LogP contribution in [0.3, 0.4) is 0 Å². The first-order valence-electron chi connectivity index (χ1n) is 13.0. The van der Waals surface area contributed by atoms with Gasteiger partial charge in [-0.3, -0.25) is 0 Å². The van der Waals surface area contributed by atoms with Crippen LogP contribution in [0.25, 0.3) is 0 Å².